The molecule has 1 rings (SSSR count). The van der Waals surface area contributed by atoms with Crippen molar-refractivity contribution in [3.8, 4) is 0 Å². The van der Waals surface area contributed by atoms with E-state index in [1.807, 2.05) is 0 Å². The fourth-order valence-electron chi connectivity index (χ4n) is 1.39. The van der Waals surface area contributed by atoms with Gasteiger partial charge < -0.3 is 0 Å². The Bertz CT molecular complexity index is 281. The van der Waals surface area contributed by atoms with Gasteiger partial charge in [-0.25, -0.2) is 4.98 Å². The maximum Gasteiger partial charge on any atom is 0.183 e. The van der Waals surface area contributed by atoms with E-state index in [1.54, 1.807) is 12.4 Å². The van der Waals surface area contributed by atoms with Crippen LogP contribution >= 0.6 is 0 Å². The van der Waals surface area contributed by atoms with Crippen molar-refractivity contribution in [3.05, 3.63) is 24.3 Å². The van der Waals surface area contributed by atoms with Crippen LogP contribution in [0.25, 0.3) is 0 Å². The normalized spacial score (nSPS) is 10.5. The van der Waals surface area contributed by atoms with Crippen LogP contribution in [-0.2, 0) is 0 Å². The molecule has 0 aliphatic rings. The average molecular weight is 192 g/mol. The number of Topliss-reactive ketones (excluding diaryl/α,β-unsaturated/α-hetero) is 1. The summed E-state index contributed by atoms with van der Waals surface area (Å²) in [7, 11) is 0. The molecule has 0 fully saturated rings. The van der Waals surface area contributed by atoms with Crippen molar-refractivity contribution in [1.29, 1.82) is 0 Å². The molecule has 0 atom stereocenters. The maximum absolute atomic E-state index is 11.7. The van der Waals surface area contributed by atoms with E-state index >= 15 is 0 Å². The van der Waals surface area contributed by atoms with Crippen molar-refractivity contribution < 1.29 is 4.79 Å². The molecular weight excluding hydrogens is 176 g/mol. The third kappa shape index (κ3) is 2.91. The molecular formula is C11H16N2O. The number of carbonyl (C=O) groups is 1. The Balaban J connectivity index is 2.59. The van der Waals surface area contributed by atoms with E-state index in [9.17, 15) is 4.79 Å². The average Bonchev–Trinajstić information content (AvgIpc) is 2.26. The Kier molecular flexibility index (Phi) is 4.23. The Hall–Kier alpha value is -1.25. The first-order valence-electron chi connectivity index (χ1n) is 5.07. The predicted octanol–water partition coefficient (Wildman–Crippen LogP) is 2.49. The van der Waals surface area contributed by atoms with Crippen molar-refractivity contribution in [2.24, 2.45) is 5.92 Å². The van der Waals surface area contributed by atoms with Crippen LogP contribution in [0.3, 0.4) is 0 Å². The van der Waals surface area contributed by atoms with Crippen LogP contribution in [0.15, 0.2) is 18.6 Å². The van der Waals surface area contributed by atoms with Crippen molar-refractivity contribution in [2.45, 2.75) is 33.1 Å². The van der Waals surface area contributed by atoms with Gasteiger partial charge in [-0.15, -0.1) is 0 Å². The third-order valence-electron chi connectivity index (χ3n) is 2.48. The summed E-state index contributed by atoms with van der Waals surface area (Å²) in [5.41, 5.74) is 0.486. The molecule has 1 heterocycles. The maximum atomic E-state index is 11.7. The largest absolute Gasteiger partial charge is 0.292 e. The smallest absolute Gasteiger partial charge is 0.183 e. The number of ketones is 1. The minimum atomic E-state index is 0.104. The van der Waals surface area contributed by atoms with Crippen LogP contribution in [0.5, 0.6) is 0 Å². The molecule has 14 heavy (non-hydrogen) atoms. The SMILES string of the molecule is CCC(CC)CC(=O)c1cnccn1. The Morgan fingerprint density at radius 2 is 2.07 bits per heavy atom. The van der Waals surface area contributed by atoms with Crippen LogP contribution in [-0.4, -0.2) is 15.8 Å². The Morgan fingerprint density at radius 3 is 2.57 bits per heavy atom. The Morgan fingerprint density at radius 1 is 1.36 bits per heavy atom. The molecule has 0 radical (unpaired) electrons. The minimum absolute atomic E-state index is 0.104. The second kappa shape index (κ2) is 5.47. The second-order valence-corrected chi connectivity index (χ2v) is 3.40. The lowest BCUT2D eigenvalue weighted by Crippen LogP contribution is -2.09. The molecule has 0 aliphatic heterocycles. The summed E-state index contributed by atoms with van der Waals surface area (Å²) in [6.45, 7) is 4.22. The number of nitrogens with zero attached hydrogens (tertiary/aromatic N) is 2. The quantitative estimate of drug-likeness (QED) is 0.673. The van der Waals surface area contributed by atoms with E-state index in [1.165, 1.54) is 6.20 Å². The van der Waals surface area contributed by atoms with Gasteiger partial charge in [0.15, 0.2) is 5.78 Å². The molecule has 0 spiro atoms. The Labute approximate surface area is 84.6 Å². The van der Waals surface area contributed by atoms with Crippen LogP contribution in [0.1, 0.15) is 43.6 Å². The third-order valence-corrected chi connectivity index (χ3v) is 2.48. The topological polar surface area (TPSA) is 42.9 Å². The van der Waals surface area contributed by atoms with Gasteiger partial charge in [-0.2, -0.15) is 0 Å². The predicted molar refractivity (Wildman–Crippen MR) is 55.1 cm³/mol. The van der Waals surface area contributed by atoms with E-state index in [0.29, 0.717) is 18.0 Å². The molecule has 76 valence electrons. The zero-order valence-electron chi connectivity index (χ0n) is 8.73. The first-order valence-corrected chi connectivity index (χ1v) is 5.07. The lowest BCUT2D eigenvalue weighted by molar-refractivity contribution is 0.0953. The molecule has 3 nitrogen and oxygen atoms in total. The van der Waals surface area contributed by atoms with Crippen LogP contribution in [0.4, 0.5) is 0 Å². The van der Waals surface area contributed by atoms with Crippen LogP contribution in [0, 0.1) is 5.92 Å². The lowest BCUT2D eigenvalue weighted by atomic mass is 9.96. The molecule has 0 saturated heterocycles. The van der Waals surface area contributed by atoms with Crippen LogP contribution in [0.2, 0.25) is 0 Å². The van der Waals surface area contributed by atoms with Gasteiger partial charge in [-0.05, 0) is 5.92 Å². The molecule has 3 heteroatoms. The summed E-state index contributed by atoms with van der Waals surface area (Å²) in [6.07, 6.45) is 7.34. The van der Waals surface area contributed by atoms with Gasteiger partial charge in [-0.3, -0.25) is 9.78 Å². The summed E-state index contributed by atoms with van der Waals surface area (Å²) in [4.78, 5) is 19.5. The molecule has 1 aromatic heterocycles. The summed E-state index contributed by atoms with van der Waals surface area (Å²) < 4.78 is 0. The van der Waals surface area contributed by atoms with Crippen molar-refractivity contribution in [1.82, 2.24) is 9.97 Å². The molecule has 0 N–H and O–H groups in total. The number of hydrogen-bond donors (Lipinski definition) is 0. The second-order valence-electron chi connectivity index (χ2n) is 3.40. The van der Waals surface area contributed by atoms with E-state index in [-0.39, 0.29) is 5.78 Å². The molecule has 0 amide bonds. The number of aromatic nitrogens is 2. The van der Waals surface area contributed by atoms with E-state index in [0.717, 1.165) is 12.8 Å². The summed E-state index contributed by atoms with van der Waals surface area (Å²) in [6, 6.07) is 0. The molecule has 0 saturated carbocycles. The summed E-state index contributed by atoms with van der Waals surface area (Å²) >= 11 is 0. The summed E-state index contributed by atoms with van der Waals surface area (Å²) in [5.74, 6) is 0.580. The monoisotopic (exact) mass is 192 g/mol. The highest BCUT2D eigenvalue weighted by Gasteiger charge is 2.12. The van der Waals surface area contributed by atoms with Gasteiger partial charge in [0.25, 0.3) is 0 Å². The van der Waals surface area contributed by atoms with Crippen LogP contribution < -0.4 is 0 Å². The molecule has 0 aromatic carbocycles. The number of carbonyl (C=O) groups excluding carboxylic acids is 1. The fourth-order valence-corrected chi connectivity index (χ4v) is 1.39. The van der Waals surface area contributed by atoms with Gasteiger partial charge in [-0.1, -0.05) is 26.7 Å². The molecule has 0 aliphatic carbocycles. The fraction of sp³-hybridized carbons (Fsp3) is 0.545. The standard InChI is InChI=1S/C11H16N2O/c1-3-9(4-2)7-11(14)10-8-12-5-6-13-10/h5-6,8-9H,3-4,7H2,1-2H3. The van der Waals surface area contributed by atoms with E-state index < -0.39 is 0 Å². The highest BCUT2D eigenvalue weighted by Crippen LogP contribution is 2.14. The van der Waals surface area contributed by atoms with Gasteiger partial charge in [0.05, 0.1) is 6.20 Å². The number of rotatable bonds is 5. The summed E-state index contributed by atoms with van der Waals surface area (Å²) in [5, 5.41) is 0. The zero-order valence-corrected chi connectivity index (χ0v) is 8.73. The highest BCUT2D eigenvalue weighted by atomic mass is 16.1. The van der Waals surface area contributed by atoms with Crippen molar-refractivity contribution >= 4 is 5.78 Å². The molecule has 1 aromatic rings. The van der Waals surface area contributed by atoms with Gasteiger partial charge in [0.1, 0.15) is 5.69 Å². The first-order chi connectivity index (χ1) is 6.77. The van der Waals surface area contributed by atoms with Gasteiger partial charge in [0.2, 0.25) is 0 Å². The van der Waals surface area contributed by atoms with E-state index in [4.69, 9.17) is 0 Å². The number of hydrogen-bond acceptors (Lipinski definition) is 3. The molecule has 0 bridgehead atoms. The van der Waals surface area contributed by atoms with Gasteiger partial charge in [0, 0.05) is 18.8 Å². The molecule has 0 unspecified atom stereocenters. The van der Waals surface area contributed by atoms with Crippen molar-refractivity contribution in [2.75, 3.05) is 0 Å². The van der Waals surface area contributed by atoms with Gasteiger partial charge >= 0.3 is 0 Å². The highest BCUT2D eigenvalue weighted by molar-refractivity contribution is 5.93. The lowest BCUT2D eigenvalue weighted by Gasteiger charge is -2.09. The zero-order chi connectivity index (χ0) is 10.4. The first kappa shape index (κ1) is 10.8. The van der Waals surface area contributed by atoms with E-state index in [2.05, 4.69) is 23.8 Å². The van der Waals surface area contributed by atoms with Crippen molar-refractivity contribution in [3.63, 3.8) is 0 Å². The minimum Gasteiger partial charge on any atom is -0.292 e.